The number of halogens is 2. The molecule has 0 saturated heterocycles. The molecule has 0 saturated carbocycles. The number of fused-ring (bicyclic) bond motifs is 1. The summed E-state index contributed by atoms with van der Waals surface area (Å²) in [6, 6.07) is 9.54. The van der Waals surface area contributed by atoms with E-state index in [-0.39, 0.29) is 18.9 Å². The number of aromatic hydroxyl groups is 1. The molecule has 33 heavy (non-hydrogen) atoms. The summed E-state index contributed by atoms with van der Waals surface area (Å²) >= 11 is 0. The maximum Gasteiger partial charge on any atom is 0.353 e. The Morgan fingerprint density at radius 1 is 1.15 bits per heavy atom. The van der Waals surface area contributed by atoms with E-state index in [9.17, 15) is 33.1 Å². The van der Waals surface area contributed by atoms with Gasteiger partial charge >= 0.3 is 5.92 Å². The Bertz CT molecular complexity index is 1110. The van der Waals surface area contributed by atoms with Crippen molar-refractivity contribution in [1.82, 2.24) is 15.5 Å². The number of rotatable bonds is 8. The van der Waals surface area contributed by atoms with Gasteiger partial charge in [-0.15, -0.1) is 0 Å². The number of benzene rings is 2. The number of hydrogen-bond acceptors (Lipinski definition) is 5. The van der Waals surface area contributed by atoms with Gasteiger partial charge in [-0.2, -0.15) is 8.78 Å². The molecule has 4 amide bonds. The minimum Gasteiger partial charge on any atom is -0.507 e. The first-order valence-electron chi connectivity index (χ1n) is 10.3. The van der Waals surface area contributed by atoms with E-state index >= 15 is 0 Å². The van der Waals surface area contributed by atoms with E-state index in [0.717, 1.165) is 12.1 Å². The molecular weight excluding hydrogens is 435 g/mol. The zero-order valence-electron chi connectivity index (χ0n) is 17.9. The van der Waals surface area contributed by atoms with Gasteiger partial charge in [-0.3, -0.25) is 19.2 Å². The zero-order valence-corrected chi connectivity index (χ0v) is 17.9. The highest BCUT2D eigenvalue weighted by Crippen LogP contribution is 2.34. The Balaban J connectivity index is 1.57. The highest BCUT2D eigenvalue weighted by Gasteiger charge is 2.42. The van der Waals surface area contributed by atoms with Gasteiger partial charge in [0, 0.05) is 31.6 Å². The number of carbonyl (C=O) groups is 4. The summed E-state index contributed by atoms with van der Waals surface area (Å²) in [5.74, 6) is -7.20. The highest BCUT2D eigenvalue weighted by atomic mass is 19.3. The molecule has 0 aromatic heterocycles. The lowest BCUT2D eigenvalue weighted by Gasteiger charge is -2.17. The number of nitrogens with zero attached hydrogens (tertiary/aromatic N) is 1. The van der Waals surface area contributed by atoms with Gasteiger partial charge in [0.1, 0.15) is 5.75 Å². The van der Waals surface area contributed by atoms with Gasteiger partial charge in [0.25, 0.3) is 11.8 Å². The molecule has 1 aliphatic heterocycles. The van der Waals surface area contributed by atoms with Crippen molar-refractivity contribution in [2.75, 3.05) is 6.54 Å². The van der Waals surface area contributed by atoms with E-state index in [1.807, 2.05) is 0 Å². The van der Waals surface area contributed by atoms with Gasteiger partial charge in [-0.1, -0.05) is 24.3 Å². The van der Waals surface area contributed by atoms with Crippen molar-refractivity contribution in [2.45, 2.75) is 31.9 Å². The predicted octanol–water partition coefficient (Wildman–Crippen LogP) is 1.41. The van der Waals surface area contributed by atoms with Gasteiger partial charge in [0.2, 0.25) is 13.8 Å². The average molecular weight is 457 g/mol. The molecule has 0 radical (unpaired) electrons. The molecule has 11 heteroatoms. The van der Waals surface area contributed by atoms with Crippen molar-refractivity contribution in [1.29, 1.82) is 0 Å². The average Bonchev–Trinajstić information content (AvgIpc) is 3.06. The number of nitrogens with one attached hydrogen (secondary N) is 2. The fourth-order valence-corrected chi connectivity index (χ4v) is 3.57. The van der Waals surface area contributed by atoms with Crippen molar-refractivity contribution < 1.29 is 33.1 Å². The lowest BCUT2D eigenvalue weighted by Crippen LogP contribution is -2.37. The van der Waals surface area contributed by atoms with Crippen LogP contribution >= 0.6 is 0 Å². The fourth-order valence-electron chi connectivity index (χ4n) is 3.57. The smallest absolute Gasteiger partial charge is 0.353 e. The number of hydrogen-bond donors (Lipinski definition) is 3. The minimum atomic E-state index is -3.91. The number of imide groups is 1. The van der Waals surface area contributed by atoms with Gasteiger partial charge < -0.3 is 20.6 Å². The molecule has 172 valence electrons. The van der Waals surface area contributed by atoms with Gasteiger partial charge in [0.15, 0.2) is 5.81 Å². The van der Waals surface area contributed by atoms with E-state index in [4.69, 9.17) is 0 Å². The normalized spacial score (nSPS) is 12.9. The summed E-state index contributed by atoms with van der Waals surface area (Å²) in [4.78, 5) is 48.6. The van der Waals surface area contributed by atoms with Crippen LogP contribution in [0.3, 0.4) is 0 Å². The first kappa shape index (κ1) is 23.9. The van der Waals surface area contributed by atoms with Crippen LogP contribution in [0.2, 0.25) is 0 Å². The van der Waals surface area contributed by atoms with Gasteiger partial charge in [-0.25, -0.2) is 0 Å². The van der Waals surface area contributed by atoms with Gasteiger partial charge in [0.05, 0.1) is 5.56 Å². The summed E-state index contributed by atoms with van der Waals surface area (Å²) in [6.07, 6.45) is 0.478. The Labute approximate surface area is 189 Å². The molecule has 0 aliphatic carbocycles. The number of alkyl halides is 2. The summed E-state index contributed by atoms with van der Waals surface area (Å²) in [5.41, 5.74) is 0.908. The van der Waals surface area contributed by atoms with Crippen molar-refractivity contribution >= 4 is 31.4 Å². The molecule has 8 nitrogen and oxygen atoms in total. The van der Waals surface area contributed by atoms with Crippen molar-refractivity contribution in [2.24, 2.45) is 0 Å². The fraction of sp³-hybridized carbons (Fsp3) is 0.273. The number of amides is 4. The van der Waals surface area contributed by atoms with Crippen LogP contribution in [0.4, 0.5) is 13.6 Å². The topological polar surface area (TPSA) is 116 Å². The molecule has 1 aliphatic rings. The van der Waals surface area contributed by atoms with Crippen LogP contribution in [0.5, 0.6) is 5.75 Å². The van der Waals surface area contributed by atoms with Crippen LogP contribution in [0.25, 0.3) is 0 Å². The summed E-state index contributed by atoms with van der Waals surface area (Å²) < 4.78 is 28.8. The summed E-state index contributed by atoms with van der Waals surface area (Å²) in [6.45, 7) is 0.421. The van der Waals surface area contributed by atoms with Crippen LogP contribution in [-0.4, -0.2) is 47.9 Å². The number of phenolic OH excluding ortho intramolecular Hbond substituents is 1. The van der Waals surface area contributed by atoms with E-state index in [0.29, 0.717) is 36.2 Å². The predicted molar refractivity (Wildman–Crippen MR) is 116 cm³/mol. The highest BCUT2D eigenvalue weighted by molar-refractivity contribution is 6.58. The maximum absolute atomic E-state index is 14.4. The van der Waals surface area contributed by atoms with E-state index in [1.165, 1.54) is 20.0 Å². The molecule has 3 N–H and O–H groups in total. The molecule has 0 atom stereocenters. The lowest BCUT2D eigenvalue weighted by molar-refractivity contribution is -0.147. The molecule has 0 fully saturated rings. The Kier molecular flexibility index (Phi) is 7.10. The molecule has 3 rings (SSSR count). The third kappa shape index (κ3) is 5.54. The quantitative estimate of drug-likeness (QED) is 0.519. The third-order valence-electron chi connectivity index (χ3n) is 5.18. The number of phenols is 1. The second-order valence-corrected chi connectivity index (χ2v) is 7.70. The van der Waals surface area contributed by atoms with Crippen molar-refractivity contribution in [3.8, 4) is 5.75 Å². The molecule has 2 aromatic carbocycles. The molecule has 0 spiro atoms. The summed E-state index contributed by atoms with van der Waals surface area (Å²) in [5, 5.41) is 14.0. The monoisotopic (exact) mass is 457 g/mol. The molecule has 2 aromatic rings. The van der Waals surface area contributed by atoms with Crippen LogP contribution in [-0.2, 0) is 28.6 Å². The van der Waals surface area contributed by atoms with E-state index in [1.54, 1.807) is 23.1 Å². The zero-order chi connectivity index (χ0) is 24.2. The second-order valence-electron chi connectivity index (χ2n) is 7.70. The number of para-hydroxylation sites is 1. The molecule has 0 unspecified atom stereocenters. The minimum absolute atomic E-state index is 0.0994. The SMILES string of the molecule is BC(=O)NC(=O)CCCN1Cc2cc(CNC(=O)C(F)(F)c3ccccc3O)ccc2C1=O. The third-order valence-corrected chi connectivity index (χ3v) is 5.18. The van der Waals surface area contributed by atoms with Crippen molar-refractivity contribution in [3.05, 3.63) is 64.7 Å². The molecular formula is C22H22BF2N3O5. The first-order chi connectivity index (χ1) is 15.6. The van der Waals surface area contributed by atoms with Crippen LogP contribution in [0.15, 0.2) is 42.5 Å². The second kappa shape index (κ2) is 9.80. The number of carbonyl (C=O) groups excluding carboxylic acids is 4. The first-order valence-corrected chi connectivity index (χ1v) is 10.3. The van der Waals surface area contributed by atoms with Crippen LogP contribution in [0.1, 0.15) is 39.9 Å². The maximum atomic E-state index is 14.4. The molecule has 0 bridgehead atoms. The standard InChI is InChI=1S/C22H22BF2N3O5/c23-21(33)27-18(30)6-3-9-28-12-14-10-13(7-8-15(14)19(28)31)11-26-20(32)22(24,25)16-4-1-2-5-17(16)29/h1-2,4-5,7-8,10,29H,3,6,9,11-12,23H2,(H,26,32)(H,27,30,33). The summed E-state index contributed by atoms with van der Waals surface area (Å²) in [7, 11) is 1.24. The van der Waals surface area contributed by atoms with Crippen LogP contribution < -0.4 is 10.6 Å². The van der Waals surface area contributed by atoms with Gasteiger partial charge in [-0.05, 0) is 35.7 Å². The van der Waals surface area contributed by atoms with Crippen molar-refractivity contribution in [3.63, 3.8) is 0 Å². The lowest BCUT2D eigenvalue weighted by atomic mass is 10.0. The van der Waals surface area contributed by atoms with Crippen LogP contribution in [0, 0.1) is 0 Å². The Morgan fingerprint density at radius 3 is 2.58 bits per heavy atom. The Hall–Kier alpha value is -3.76. The van der Waals surface area contributed by atoms with E-state index < -0.39 is 34.9 Å². The molecule has 1 heterocycles. The van der Waals surface area contributed by atoms with E-state index in [2.05, 4.69) is 10.6 Å². The Morgan fingerprint density at radius 2 is 1.88 bits per heavy atom. The largest absolute Gasteiger partial charge is 0.507 e.